The van der Waals surface area contributed by atoms with Crippen LogP contribution in [0.25, 0.3) is 0 Å². The number of carboxylic acids is 2. The topological polar surface area (TPSA) is 122 Å². The van der Waals surface area contributed by atoms with Crippen molar-refractivity contribution in [3.63, 3.8) is 0 Å². The minimum atomic E-state index is -5.08. The molecule has 40 heavy (non-hydrogen) atoms. The molecule has 2 saturated heterocycles. The second kappa shape index (κ2) is 14.8. The largest absolute Gasteiger partial charge is 0.492 e. The van der Waals surface area contributed by atoms with Gasteiger partial charge in [-0.05, 0) is 55.4 Å². The van der Waals surface area contributed by atoms with Crippen LogP contribution in [0.3, 0.4) is 0 Å². The Bertz CT molecular complexity index is 1020. The number of likely N-dealkylation sites (tertiary alicyclic amines) is 1. The van der Waals surface area contributed by atoms with Gasteiger partial charge in [0, 0.05) is 44.8 Å². The average molecular weight is 582 g/mol. The minimum absolute atomic E-state index is 0.0593. The lowest BCUT2D eigenvalue weighted by Gasteiger charge is -2.42. The van der Waals surface area contributed by atoms with Crippen LogP contribution in [0.1, 0.15) is 31.2 Å². The molecule has 2 aliphatic rings. The van der Waals surface area contributed by atoms with E-state index >= 15 is 0 Å². The van der Waals surface area contributed by atoms with E-state index in [1.165, 1.54) is 5.56 Å². The average Bonchev–Trinajstić information content (AvgIpc) is 3.28. The van der Waals surface area contributed by atoms with E-state index in [4.69, 9.17) is 29.3 Å². The molecule has 4 heterocycles. The van der Waals surface area contributed by atoms with Gasteiger partial charge in [-0.3, -0.25) is 14.9 Å². The molecule has 1 atom stereocenters. The van der Waals surface area contributed by atoms with Crippen LogP contribution >= 0.6 is 0 Å². The number of hydrogen-bond acceptors (Lipinski definition) is 7. The quantitative estimate of drug-likeness (QED) is 0.472. The van der Waals surface area contributed by atoms with Gasteiger partial charge in [-0.1, -0.05) is 6.07 Å². The first-order chi connectivity index (χ1) is 18.7. The van der Waals surface area contributed by atoms with E-state index in [-0.39, 0.29) is 5.60 Å². The molecule has 0 aromatic carbocycles. The fraction of sp³-hybridized carbons (Fsp3) is 0.520. The van der Waals surface area contributed by atoms with Crippen LogP contribution in [0.5, 0.6) is 5.75 Å². The SMILES string of the molecule is O=C(O)C(F)(F)F.O=C(O)C(F)(F)F.c1cncc(CN2CCC3(CC2)OCCC3CCOc2cccnc2)c1. The lowest BCUT2D eigenvalue weighted by atomic mass is 9.78. The highest BCUT2D eigenvalue weighted by Gasteiger charge is 2.45. The molecular weight excluding hydrogens is 552 g/mol. The molecule has 15 heteroatoms. The number of halogens is 6. The molecule has 2 N–H and O–H groups in total. The number of nitrogens with zero attached hydrogens (tertiary/aromatic N) is 3. The minimum Gasteiger partial charge on any atom is -0.492 e. The van der Waals surface area contributed by atoms with Crippen LogP contribution in [-0.4, -0.2) is 81.3 Å². The summed E-state index contributed by atoms with van der Waals surface area (Å²) in [5.74, 6) is -4.06. The Balaban J connectivity index is 0.000000333. The van der Waals surface area contributed by atoms with E-state index in [9.17, 15) is 26.3 Å². The molecule has 222 valence electrons. The molecule has 2 aromatic rings. The molecule has 9 nitrogen and oxygen atoms in total. The molecule has 0 amide bonds. The summed E-state index contributed by atoms with van der Waals surface area (Å²) in [6, 6.07) is 8.04. The van der Waals surface area contributed by atoms with Crippen LogP contribution in [0, 0.1) is 5.92 Å². The molecule has 0 aliphatic carbocycles. The van der Waals surface area contributed by atoms with Crippen molar-refractivity contribution in [3.05, 3.63) is 54.6 Å². The number of pyridine rings is 2. The Morgan fingerprint density at radius 1 is 0.975 bits per heavy atom. The van der Waals surface area contributed by atoms with E-state index in [1.807, 2.05) is 30.6 Å². The third kappa shape index (κ3) is 11.0. The first kappa shape index (κ1) is 32.8. The maximum Gasteiger partial charge on any atom is 0.490 e. The smallest absolute Gasteiger partial charge is 0.490 e. The van der Waals surface area contributed by atoms with Gasteiger partial charge in [0.15, 0.2) is 0 Å². The second-order valence-electron chi connectivity index (χ2n) is 8.97. The number of carbonyl (C=O) groups is 2. The molecule has 0 saturated carbocycles. The van der Waals surface area contributed by atoms with E-state index in [0.29, 0.717) is 5.92 Å². The van der Waals surface area contributed by atoms with Gasteiger partial charge >= 0.3 is 24.3 Å². The Morgan fingerprint density at radius 2 is 1.52 bits per heavy atom. The van der Waals surface area contributed by atoms with Gasteiger partial charge in [0.05, 0.1) is 18.4 Å². The third-order valence-corrected chi connectivity index (χ3v) is 6.29. The predicted octanol–water partition coefficient (Wildman–Crippen LogP) is 4.58. The zero-order valence-electron chi connectivity index (χ0n) is 21.2. The molecule has 2 fully saturated rings. The number of carboxylic acid groups (broad SMARTS) is 2. The molecule has 0 bridgehead atoms. The highest BCUT2D eigenvalue weighted by Crippen LogP contribution is 2.42. The molecule has 1 unspecified atom stereocenters. The van der Waals surface area contributed by atoms with E-state index < -0.39 is 24.3 Å². The monoisotopic (exact) mass is 581 g/mol. The highest BCUT2D eigenvalue weighted by atomic mass is 19.4. The van der Waals surface area contributed by atoms with E-state index in [2.05, 4.69) is 20.9 Å². The van der Waals surface area contributed by atoms with Crippen molar-refractivity contribution in [3.8, 4) is 5.75 Å². The normalized spacial score (nSPS) is 18.6. The molecule has 0 radical (unpaired) electrons. The van der Waals surface area contributed by atoms with Gasteiger partial charge < -0.3 is 19.7 Å². The predicted molar refractivity (Wildman–Crippen MR) is 127 cm³/mol. The number of aliphatic carboxylic acids is 2. The summed E-state index contributed by atoms with van der Waals surface area (Å²) in [6.45, 7) is 4.80. The van der Waals surface area contributed by atoms with Crippen molar-refractivity contribution in [2.75, 3.05) is 26.3 Å². The van der Waals surface area contributed by atoms with Gasteiger partial charge in [-0.2, -0.15) is 26.3 Å². The molecule has 2 aromatic heterocycles. The van der Waals surface area contributed by atoms with Crippen molar-refractivity contribution in [1.82, 2.24) is 14.9 Å². The van der Waals surface area contributed by atoms with Gasteiger partial charge in [0.25, 0.3) is 0 Å². The molecular formula is C25H29F6N3O6. The summed E-state index contributed by atoms with van der Waals surface area (Å²) in [6.07, 6.45) is 1.62. The summed E-state index contributed by atoms with van der Waals surface area (Å²) in [4.78, 5) is 28.6. The number of piperidine rings is 1. The molecule has 2 aliphatic heterocycles. The first-order valence-electron chi connectivity index (χ1n) is 12.1. The summed E-state index contributed by atoms with van der Waals surface area (Å²) >= 11 is 0. The third-order valence-electron chi connectivity index (χ3n) is 6.29. The number of ether oxygens (including phenoxy) is 2. The number of hydrogen-bond donors (Lipinski definition) is 2. The Labute approximate surface area is 225 Å². The fourth-order valence-electron chi connectivity index (χ4n) is 4.34. The van der Waals surface area contributed by atoms with Crippen molar-refractivity contribution in [2.45, 2.75) is 50.2 Å². The van der Waals surface area contributed by atoms with E-state index in [1.54, 1.807) is 12.4 Å². The molecule has 4 rings (SSSR count). The van der Waals surface area contributed by atoms with Crippen LogP contribution in [0.2, 0.25) is 0 Å². The van der Waals surface area contributed by atoms with Gasteiger partial charge in [-0.25, -0.2) is 9.59 Å². The lowest BCUT2D eigenvalue weighted by molar-refractivity contribution is -0.193. The number of aromatic nitrogens is 2. The maximum atomic E-state index is 10.6. The van der Waals surface area contributed by atoms with Gasteiger partial charge in [-0.15, -0.1) is 0 Å². The molecule has 1 spiro atoms. The van der Waals surface area contributed by atoms with Crippen molar-refractivity contribution in [2.24, 2.45) is 5.92 Å². The first-order valence-corrected chi connectivity index (χ1v) is 12.1. The van der Waals surface area contributed by atoms with E-state index in [0.717, 1.165) is 64.3 Å². The summed E-state index contributed by atoms with van der Waals surface area (Å²) in [7, 11) is 0. The Kier molecular flexibility index (Phi) is 12.1. The summed E-state index contributed by atoms with van der Waals surface area (Å²) in [5, 5.41) is 14.2. The Hall–Kier alpha value is -3.46. The number of alkyl halides is 6. The van der Waals surface area contributed by atoms with Crippen LogP contribution in [0.15, 0.2) is 49.1 Å². The summed E-state index contributed by atoms with van der Waals surface area (Å²) < 4.78 is 75.6. The van der Waals surface area contributed by atoms with Crippen LogP contribution in [-0.2, 0) is 20.9 Å². The lowest BCUT2D eigenvalue weighted by Crippen LogP contribution is -2.47. The number of rotatable bonds is 6. The standard InChI is InChI=1S/C21H27N3O2.2C2HF3O2/c1-3-18(15-22-9-1)17-24-11-7-21(8-12-24)19(6-14-26-21)5-13-25-20-4-2-10-23-16-20;2*3-2(4,5)1(6)7/h1-4,9-10,15-16,19H,5-8,11-14,17H2;2*(H,6,7). The van der Waals surface area contributed by atoms with Gasteiger partial charge in [0.1, 0.15) is 5.75 Å². The van der Waals surface area contributed by atoms with Gasteiger partial charge in [0.2, 0.25) is 0 Å². The highest BCUT2D eigenvalue weighted by molar-refractivity contribution is 5.73. The Morgan fingerprint density at radius 3 is 2.00 bits per heavy atom. The maximum absolute atomic E-state index is 10.6. The summed E-state index contributed by atoms with van der Waals surface area (Å²) in [5.41, 5.74) is 1.35. The van der Waals surface area contributed by atoms with Crippen molar-refractivity contribution >= 4 is 11.9 Å². The van der Waals surface area contributed by atoms with Crippen LogP contribution < -0.4 is 4.74 Å². The fourth-order valence-corrected chi connectivity index (χ4v) is 4.34. The van der Waals surface area contributed by atoms with Crippen molar-refractivity contribution < 1.29 is 55.6 Å². The second-order valence-corrected chi connectivity index (χ2v) is 8.97. The van der Waals surface area contributed by atoms with Crippen LogP contribution in [0.4, 0.5) is 26.3 Å². The zero-order chi connectivity index (χ0) is 29.8. The zero-order valence-corrected chi connectivity index (χ0v) is 21.2. The van der Waals surface area contributed by atoms with Crippen molar-refractivity contribution in [1.29, 1.82) is 0 Å².